The van der Waals surface area contributed by atoms with Crippen LogP contribution >= 0.6 is 0 Å². The van der Waals surface area contributed by atoms with Crippen LogP contribution in [0.15, 0.2) is 18.2 Å². The standard InChI is InChI=1S/C9H6O6.Zr/c10-7(11)4-2-1-3-5(8(12)13)6(4)9(14)15;/h1-3H,(H,10,11)(H,12,13)(H,14,15);. The van der Waals surface area contributed by atoms with E-state index >= 15 is 0 Å². The van der Waals surface area contributed by atoms with Crippen molar-refractivity contribution >= 4 is 17.9 Å². The quantitative estimate of drug-likeness (QED) is 0.760. The molecule has 3 N–H and O–H groups in total. The molecule has 0 fully saturated rings. The largest absolute Gasteiger partial charge is 0.478 e. The van der Waals surface area contributed by atoms with Gasteiger partial charge in [0.05, 0.1) is 16.7 Å². The fourth-order valence-electron chi connectivity index (χ4n) is 1.14. The Morgan fingerprint density at radius 1 is 0.812 bits per heavy atom. The molecule has 0 aliphatic heterocycles. The topological polar surface area (TPSA) is 112 Å². The third-order valence-electron chi connectivity index (χ3n) is 1.74. The van der Waals surface area contributed by atoms with E-state index in [-0.39, 0.29) is 26.2 Å². The Labute approximate surface area is 109 Å². The fraction of sp³-hybridized carbons (Fsp3) is 0. The smallest absolute Gasteiger partial charge is 0.337 e. The minimum atomic E-state index is -1.58. The summed E-state index contributed by atoms with van der Waals surface area (Å²) in [7, 11) is 0. The van der Waals surface area contributed by atoms with Gasteiger partial charge in [0, 0.05) is 26.2 Å². The second-order valence-electron chi connectivity index (χ2n) is 2.64. The molecule has 1 aromatic carbocycles. The van der Waals surface area contributed by atoms with Crippen molar-refractivity contribution in [2.45, 2.75) is 0 Å². The number of carboxylic acids is 3. The molecule has 0 saturated carbocycles. The van der Waals surface area contributed by atoms with Crippen molar-refractivity contribution in [2.75, 3.05) is 0 Å². The van der Waals surface area contributed by atoms with Crippen LogP contribution in [0.3, 0.4) is 0 Å². The summed E-state index contributed by atoms with van der Waals surface area (Å²) in [6.07, 6.45) is 0. The number of aromatic carboxylic acids is 3. The summed E-state index contributed by atoms with van der Waals surface area (Å²) in [5.74, 6) is -4.53. The van der Waals surface area contributed by atoms with Gasteiger partial charge in [-0.2, -0.15) is 0 Å². The molecule has 7 heteroatoms. The Morgan fingerprint density at radius 3 is 1.44 bits per heavy atom. The molecule has 0 aromatic heterocycles. The van der Waals surface area contributed by atoms with E-state index in [4.69, 9.17) is 15.3 Å². The molecule has 0 amide bonds. The summed E-state index contributed by atoms with van der Waals surface area (Å²) < 4.78 is 0. The van der Waals surface area contributed by atoms with E-state index in [1.54, 1.807) is 0 Å². The number of carboxylic acid groups (broad SMARTS) is 3. The Kier molecular flexibility index (Phi) is 5.04. The summed E-state index contributed by atoms with van der Waals surface area (Å²) in [5.41, 5.74) is -1.79. The van der Waals surface area contributed by atoms with Crippen LogP contribution in [-0.2, 0) is 26.2 Å². The van der Waals surface area contributed by atoms with Crippen molar-refractivity contribution in [3.8, 4) is 0 Å². The number of rotatable bonds is 3. The first-order valence-electron chi connectivity index (χ1n) is 3.78. The van der Waals surface area contributed by atoms with Gasteiger partial charge in [-0.3, -0.25) is 0 Å². The van der Waals surface area contributed by atoms with E-state index in [1.807, 2.05) is 0 Å². The Balaban J connectivity index is 0.00000225. The predicted molar refractivity (Wildman–Crippen MR) is 47.3 cm³/mol. The van der Waals surface area contributed by atoms with Crippen molar-refractivity contribution in [1.82, 2.24) is 0 Å². The SMILES string of the molecule is O=C(O)c1cccc(C(=O)O)c1C(=O)O.[Zr]. The average Bonchev–Trinajstić information content (AvgIpc) is 2.16. The number of carbonyl (C=O) groups is 3. The minimum Gasteiger partial charge on any atom is -0.478 e. The van der Waals surface area contributed by atoms with Gasteiger partial charge in [-0.05, 0) is 12.1 Å². The molecule has 0 unspecified atom stereocenters. The molecule has 82 valence electrons. The van der Waals surface area contributed by atoms with E-state index < -0.39 is 34.6 Å². The zero-order valence-electron chi connectivity index (χ0n) is 7.80. The van der Waals surface area contributed by atoms with E-state index in [0.717, 1.165) is 12.1 Å². The molecule has 1 aromatic rings. The normalized spacial score (nSPS) is 9.00. The summed E-state index contributed by atoms with van der Waals surface area (Å²) in [4.78, 5) is 32.0. The van der Waals surface area contributed by atoms with Crippen LogP contribution in [0.5, 0.6) is 0 Å². The Hall–Kier alpha value is -1.49. The zero-order valence-corrected chi connectivity index (χ0v) is 10.3. The molecule has 1 rings (SSSR count). The molecular weight excluding hydrogens is 295 g/mol. The van der Waals surface area contributed by atoms with Crippen LogP contribution in [0.25, 0.3) is 0 Å². The van der Waals surface area contributed by atoms with Crippen LogP contribution in [0, 0.1) is 0 Å². The van der Waals surface area contributed by atoms with Gasteiger partial charge < -0.3 is 15.3 Å². The van der Waals surface area contributed by atoms with Crippen molar-refractivity contribution in [3.05, 3.63) is 34.9 Å². The molecule has 0 atom stereocenters. The van der Waals surface area contributed by atoms with Gasteiger partial charge in [-0.1, -0.05) is 6.07 Å². The van der Waals surface area contributed by atoms with Gasteiger partial charge in [-0.15, -0.1) is 0 Å². The third kappa shape index (κ3) is 2.76. The molecule has 0 aliphatic rings. The number of hydrogen-bond acceptors (Lipinski definition) is 3. The Morgan fingerprint density at radius 2 is 1.19 bits per heavy atom. The summed E-state index contributed by atoms with van der Waals surface area (Å²) >= 11 is 0. The van der Waals surface area contributed by atoms with Gasteiger partial charge in [0.2, 0.25) is 0 Å². The second kappa shape index (κ2) is 5.56. The predicted octanol–water partition coefficient (Wildman–Crippen LogP) is 0.779. The molecule has 0 saturated heterocycles. The average molecular weight is 301 g/mol. The van der Waals surface area contributed by atoms with Crippen LogP contribution in [0.2, 0.25) is 0 Å². The third-order valence-corrected chi connectivity index (χ3v) is 1.74. The first-order chi connectivity index (χ1) is 6.95. The van der Waals surface area contributed by atoms with E-state index in [1.165, 1.54) is 6.07 Å². The van der Waals surface area contributed by atoms with Crippen molar-refractivity contribution in [1.29, 1.82) is 0 Å². The maximum atomic E-state index is 10.7. The van der Waals surface area contributed by atoms with E-state index in [9.17, 15) is 14.4 Å². The number of benzene rings is 1. The van der Waals surface area contributed by atoms with E-state index in [2.05, 4.69) is 0 Å². The van der Waals surface area contributed by atoms with Crippen LogP contribution < -0.4 is 0 Å². The first kappa shape index (κ1) is 14.5. The van der Waals surface area contributed by atoms with Crippen LogP contribution in [0.1, 0.15) is 31.1 Å². The molecule has 0 aliphatic carbocycles. The first-order valence-corrected chi connectivity index (χ1v) is 3.78. The Bertz CT molecular complexity index is 421. The summed E-state index contributed by atoms with van der Waals surface area (Å²) in [6, 6.07) is 3.26. The monoisotopic (exact) mass is 300 g/mol. The van der Waals surface area contributed by atoms with Gasteiger partial charge in [-0.25, -0.2) is 14.4 Å². The summed E-state index contributed by atoms with van der Waals surface area (Å²) in [6.45, 7) is 0. The molecule has 6 nitrogen and oxygen atoms in total. The fourth-order valence-corrected chi connectivity index (χ4v) is 1.14. The number of hydrogen-bond donors (Lipinski definition) is 3. The van der Waals surface area contributed by atoms with E-state index in [0.29, 0.717) is 0 Å². The van der Waals surface area contributed by atoms with Gasteiger partial charge in [0.25, 0.3) is 0 Å². The van der Waals surface area contributed by atoms with Gasteiger partial charge in [0.1, 0.15) is 0 Å². The van der Waals surface area contributed by atoms with Crippen LogP contribution in [-0.4, -0.2) is 33.2 Å². The minimum absolute atomic E-state index is 0. The van der Waals surface area contributed by atoms with Crippen molar-refractivity contribution < 1.29 is 55.9 Å². The maximum Gasteiger partial charge on any atom is 0.337 e. The molecular formula is C9H6O6Zr. The molecule has 0 radical (unpaired) electrons. The zero-order chi connectivity index (χ0) is 11.6. The van der Waals surface area contributed by atoms with Gasteiger partial charge in [0.15, 0.2) is 0 Å². The summed E-state index contributed by atoms with van der Waals surface area (Å²) in [5, 5.41) is 26.0. The van der Waals surface area contributed by atoms with Crippen molar-refractivity contribution in [2.24, 2.45) is 0 Å². The molecule has 0 heterocycles. The van der Waals surface area contributed by atoms with Gasteiger partial charge >= 0.3 is 17.9 Å². The molecule has 0 spiro atoms. The van der Waals surface area contributed by atoms with Crippen molar-refractivity contribution in [3.63, 3.8) is 0 Å². The second-order valence-corrected chi connectivity index (χ2v) is 2.64. The molecule has 0 bridgehead atoms. The van der Waals surface area contributed by atoms with Crippen LogP contribution in [0.4, 0.5) is 0 Å². The maximum absolute atomic E-state index is 10.7. The molecule has 16 heavy (non-hydrogen) atoms.